The zero-order valence-corrected chi connectivity index (χ0v) is 12.4. The van der Waals surface area contributed by atoms with Gasteiger partial charge in [0.2, 0.25) is 5.56 Å². The van der Waals surface area contributed by atoms with Crippen LogP contribution < -0.4 is 10.9 Å². The summed E-state index contributed by atoms with van der Waals surface area (Å²) in [5.41, 5.74) is 0.719. The number of para-hydroxylation sites is 1. The number of hydrogen-bond donors (Lipinski definition) is 2. The maximum atomic E-state index is 12.5. The quantitative estimate of drug-likeness (QED) is 0.755. The highest BCUT2D eigenvalue weighted by Gasteiger charge is 2.18. The molecule has 3 aromatic rings. The van der Waals surface area contributed by atoms with Crippen LogP contribution in [0, 0.1) is 0 Å². The number of aromatic amines is 1. The maximum absolute atomic E-state index is 12.5. The number of carbonyl (C=O) groups is 1. The highest BCUT2D eigenvalue weighted by molar-refractivity contribution is 6.05. The number of benzene rings is 1. The van der Waals surface area contributed by atoms with E-state index in [2.05, 4.69) is 20.5 Å². The normalized spacial score (nSPS) is 13.2. The molecule has 1 aliphatic heterocycles. The molecule has 7 nitrogen and oxygen atoms in total. The maximum Gasteiger partial charge on any atom is 0.252 e. The summed E-state index contributed by atoms with van der Waals surface area (Å²) in [4.78, 5) is 26.9. The van der Waals surface area contributed by atoms with Gasteiger partial charge in [-0.3, -0.25) is 9.59 Å². The largest absolute Gasteiger partial charge is 0.345 e. The Hall–Kier alpha value is -2.96. The van der Waals surface area contributed by atoms with E-state index in [0.717, 1.165) is 36.4 Å². The van der Waals surface area contributed by atoms with Crippen molar-refractivity contribution in [1.82, 2.24) is 25.1 Å². The lowest BCUT2D eigenvalue weighted by Gasteiger charge is -2.08. The van der Waals surface area contributed by atoms with Crippen molar-refractivity contribution in [2.75, 3.05) is 0 Å². The van der Waals surface area contributed by atoms with Gasteiger partial charge in [-0.2, -0.15) is 0 Å². The summed E-state index contributed by atoms with van der Waals surface area (Å²) in [6.07, 6.45) is 1.99. The molecule has 116 valence electrons. The molecule has 0 fully saturated rings. The predicted octanol–water partition coefficient (Wildman–Crippen LogP) is 0.996. The average Bonchev–Trinajstić information content (AvgIpc) is 3.15. The van der Waals surface area contributed by atoms with Crippen LogP contribution in [0.3, 0.4) is 0 Å². The number of nitrogens with zero attached hydrogens (tertiary/aromatic N) is 3. The Morgan fingerprint density at radius 3 is 3.09 bits per heavy atom. The number of H-pyrrole nitrogens is 1. The van der Waals surface area contributed by atoms with E-state index in [1.807, 2.05) is 22.8 Å². The van der Waals surface area contributed by atoms with E-state index in [9.17, 15) is 9.59 Å². The fourth-order valence-corrected chi connectivity index (χ4v) is 2.99. The molecule has 3 heterocycles. The third-order valence-electron chi connectivity index (χ3n) is 4.09. The first-order valence-corrected chi connectivity index (χ1v) is 7.53. The van der Waals surface area contributed by atoms with E-state index in [1.165, 1.54) is 6.07 Å². The molecule has 1 aromatic carbocycles. The second kappa shape index (κ2) is 5.35. The van der Waals surface area contributed by atoms with Gasteiger partial charge >= 0.3 is 0 Å². The van der Waals surface area contributed by atoms with Crippen molar-refractivity contribution < 1.29 is 4.79 Å². The number of nitrogens with one attached hydrogen (secondary N) is 2. The number of hydrogen-bond acceptors (Lipinski definition) is 4. The second-order valence-corrected chi connectivity index (χ2v) is 5.56. The molecule has 7 heteroatoms. The molecular weight excluding hydrogens is 294 g/mol. The lowest BCUT2D eigenvalue weighted by atomic mass is 10.1. The van der Waals surface area contributed by atoms with Gasteiger partial charge in [0, 0.05) is 29.9 Å². The molecule has 2 aromatic heterocycles. The molecule has 0 spiro atoms. The lowest BCUT2D eigenvalue weighted by molar-refractivity contribution is 0.0951. The Morgan fingerprint density at radius 2 is 2.17 bits per heavy atom. The van der Waals surface area contributed by atoms with Gasteiger partial charge in [0.15, 0.2) is 5.82 Å². The zero-order chi connectivity index (χ0) is 15.8. The number of fused-ring (bicyclic) bond motifs is 2. The van der Waals surface area contributed by atoms with Gasteiger partial charge in [0.1, 0.15) is 5.82 Å². The van der Waals surface area contributed by atoms with Crippen LogP contribution in [0.4, 0.5) is 0 Å². The third kappa shape index (κ3) is 2.40. The first-order valence-electron chi connectivity index (χ1n) is 7.53. The van der Waals surface area contributed by atoms with Crippen molar-refractivity contribution in [2.24, 2.45) is 0 Å². The number of aryl methyl sites for hydroxylation is 1. The van der Waals surface area contributed by atoms with E-state index < -0.39 is 0 Å². The van der Waals surface area contributed by atoms with Crippen LogP contribution in [-0.2, 0) is 19.5 Å². The Labute approximate surface area is 131 Å². The molecule has 0 saturated carbocycles. The standard InChI is InChI=1S/C16H15N5O2/c22-15-8-11(10-4-1-2-5-12(10)18-15)16(23)17-9-14-20-19-13-6-3-7-21(13)14/h1-2,4-5,8H,3,6-7,9H2,(H,17,23)(H,18,22). The van der Waals surface area contributed by atoms with Gasteiger partial charge in [-0.25, -0.2) is 0 Å². The molecule has 0 radical (unpaired) electrons. The lowest BCUT2D eigenvalue weighted by Crippen LogP contribution is -2.26. The van der Waals surface area contributed by atoms with Crippen molar-refractivity contribution in [3.8, 4) is 0 Å². The molecule has 2 N–H and O–H groups in total. The van der Waals surface area contributed by atoms with Gasteiger partial charge in [-0.1, -0.05) is 18.2 Å². The number of carbonyl (C=O) groups excluding carboxylic acids is 1. The van der Waals surface area contributed by atoms with Gasteiger partial charge in [0.05, 0.1) is 12.1 Å². The average molecular weight is 309 g/mol. The first-order chi connectivity index (χ1) is 11.2. The number of amides is 1. The van der Waals surface area contributed by atoms with Crippen LogP contribution in [0.15, 0.2) is 35.1 Å². The minimum absolute atomic E-state index is 0.289. The fraction of sp³-hybridized carbons (Fsp3) is 0.250. The molecule has 0 bridgehead atoms. The Balaban J connectivity index is 1.61. The second-order valence-electron chi connectivity index (χ2n) is 5.56. The van der Waals surface area contributed by atoms with E-state index in [4.69, 9.17) is 0 Å². The van der Waals surface area contributed by atoms with Gasteiger partial charge in [0.25, 0.3) is 5.91 Å². The topological polar surface area (TPSA) is 92.7 Å². The molecule has 1 amide bonds. The number of aromatic nitrogens is 4. The summed E-state index contributed by atoms with van der Waals surface area (Å²) in [5.74, 6) is 1.43. The molecule has 23 heavy (non-hydrogen) atoms. The summed E-state index contributed by atoms with van der Waals surface area (Å²) in [6, 6.07) is 8.57. The summed E-state index contributed by atoms with van der Waals surface area (Å²) < 4.78 is 2.04. The van der Waals surface area contributed by atoms with E-state index in [0.29, 0.717) is 17.6 Å². The van der Waals surface area contributed by atoms with Crippen molar-refractivity contribution >= 4 is 16.8 Å². The predicted molar refractivity (Wildman–Crippen MR) is 84.1 cm³/mol. The molecular formula is C16H15N5O2. The van der Waals surface area contributed by atoms with Crippen molar-refractivity contribution in [2.45, 2.75) is 25.9 Å². The molecule has 0 aliphatic carbocycles. The number of rotatable bonds is 3. The van der Waals surface area contributed by atoms with Crippen molar-refractivity contribution in [3.05, 3.63) is 57.9 Å². The summed E-state index contributed by atoms with van der Waals surface area (Å²) >= 11 is 0. The van der Waals surface area contributed by atoms with E-state index in [-0.39, 0.29) is 11.5 Å². The SMILES string of the molecule is O=C(NCc1nnc2n1CCC2)c1cc(=O)[nH]c2ccccc12. The summed E-state index contributed by atoms with van der Waals surface area (Å²) in [7, 11) is 0. The highest BCUT2D eigenvalue weighted by atomic mass is 16.2. The minimum Gasteiger partial charge on any atom is -0.345 e. The summed E-state index contributed by atoms with van der Waals surface area (Å²) in [6.45, 7) is 1.19. The van der Waals surface area contributed by atoms with E-state index in [1.54, 1.807) is 6.07 Å². The fourth-order valence-electron chi connectivity index (χ4n) is 2.99. The van der Waals surface area contributed by atoms with Crippen LogP contribution in [0.25, 0.3) is 10.9 Å². The Bertz CT molecular complexity index is 957. The molecule has 0 saturated heterocycles. The van der Waals surface area contributed by atoms with Crippen molar-refractivity contribution in [3.63, 3.8) is 0 Å². The van der Waals surface area contributed by atoms with Crippen LogP contribution in [-0.4, -0.2) is 25.7 Å². The number of pyridine rings is 1. The molecule has 1 aliphatic rings. The minimum atomic E-state index is -0.294. The first kappa shape index (κ1) is 13.7. The van der Waals surface area contributed by atoms with Crippen LogP contribution in [0.1, 0.15) is 28.4 Å². The van der Waals surface area contributed by atoms with Gasteiger partial charge in [-0.15, -0.1) is 10.2 Å². The monoisotopic (exact) mass is 309 g/mol. The smallest absolute Gasteiger partial charge is 0.252 e. The molecule has 0 atom stereocenters. The Kier molecular flexibility index (Phi) is 3.18. The van der Waals surface area contributed by atoms with Crippen LogP contribution in [0.5, 0.6) is 0 Å². The molecule has 4 rings (SSSR count). The molecule has 0 unspecified atom stereocenters. The van der Waals surface area contributed by atoms with Gasteiger partial charge < -0.3 is 14.9 Å². The van der Waals surface area contributed by atoms with Crippen molar-refractivity contribution in [1.29, 1.82) is 0 Å². The Morgan fingerprint density at radius 1 is 1.30 bits per heavy atom. The van der Waals surface area contributed by atoms with Crippen LogP contribution in [0.2, 0.25) is 0 Å². The van der Waals surface area contributed by atoms with E-state index >= 15 is 0 Å². The zero-order valence-electron chi connectivity index (χ0n) is 12.4. The third-order valence-corrected chi connectivity index (χ3v) is 4.09. The summed E-state index contributed by atoms with van der Waals surface area (Å²) in [5, 5.41) is 11.8. The van der Waals surface area contributed by atoms with Gasteiger partial charge in [-0.05, 0) is 12.5 Å². The highest BCUT2D eigenvalue weighted by Crippen LogP contribution is 2.16. The van der Waals surface area contributed by atoms with Crippen LogP contribution >= 0.6 is 0 Å².